The molecule has 1 amide bonds. The first-order chi connectivity index (χ1) is 21.9. The number of hydrogen-bond acceptors (Lipinski definition) is 6. The van der Waals surface area contributed by atoms with Crippen molar-refractivity contribution in [1.29, 1.82) is 0 Å². The van der Waals surface area contributed by atoms with Gasteiger partial charge in [-0.05, 0) is 62.3 Å². The molecule has 13 heteroatoms. The summed E-state index contributed by atoms with van der Waals surface area (Å²) in [5.41, 5.74) is -2.08. The number of rotatable bonds is 8. The molecule has 1 aliphatic carbocycles. The van der Waals surface area contributed by atoms with Crippen LogP contribution < -0.4 is 9.80 Å². The fourth-order valence-electron chi connectivity index (χ4n) is 7.27. The number of hydrogen-bond donors (Lipinski definition) is 0. The van der Waals surface area contributed by atoms with Crippen molar-refractivity contribution in [2.24, 2.45) is 5.92 Å². The van der Waals surface area contributed by atoms with E-state index in [4.69, 9.17) is 4.74 Å². The summed E-state index contributed by atoms with van der Waals surface area (Å²) in [6.07, 6.45) is 0.680. The van der Waals surface area contributed by atoms with E-state index in [9.17, 15) is 31.1 Å². The number of benzene rings is 1. The number of amides is 1. The molecule has 46 heavy (non-hydrogen) atoms. The molecular weight excluding hydrogens is 612 g/mol. The minimum Gasteiger partial charge on any atom is -0.378 e. The van der Waals surface area contributed by atoms with E-state index in [1.54, 1.807) is 17.3 Å². The number of aromatic nitrogens is 2. The third-order valence-corrected chi connectivity index (χ3v) is 9.73. The van der Waals surface area contributed by atoms with E-state index in [-0.39, 0.29) is 54.1 Å². The van der Waals surface area contributed by atoms with Gasteiger partial charge in [0.05, 0.1) is 42.4 Å². The highest BCUT2D eigenvalue weighted by Crippen LogP contribution is 2.39. The number of nitrogens with zero attached hydrogens (tertiary/aromatic N) is 5. The SMILES string of the molecule is CC[C@@H]1CC(N(Cc2cc(C(F)(F)F)cc(C(F)(F)F)c2)c2ncc(N3CCOCC3)cn2)C[C@H](CC)N1C(=O)C1CCCCC1. The molecule has 0 radical (unpaired) electrons. The van der Waals surface area contributed by atoms with Crippen LogP contribution in [-0.2, 0) is 28.4 Å². The lowest BCUT2D eigenvalue weighted by Gasteiger charge is -2.49. The van der Waals surface area contributed by atoms with Gasteiger partial charge in [0.15, 0.2) is 0 Å². The third-order valence-electron chi connectivity index (χ3n) is 9.73. The van der Waals surface area contributed by atoms with Gasteiger partial charge in [-0.25, -0.2) is 9.97 Å². The summed E-state index contributed by atoms with van der Waals surface area (Å²) in [6.45, 7) is 6.20. The molecule has 7 nitrogen and oxygen atoms in total. The van der Waals surface area contributed by atoms with Crippen LogP contribution in [0, 0.1) is 5.92 Å². The summed E-state index contributed by atoms with van der Waals surface area (Å²) in [4.78, 5) is 28.9. The first kappa shape index (κ1) is 34.3. The Hall–Kier alpha value is -3.09. The predicted octanol–water partition coefficient (Wildman–Crippen LogP) is 7.49. The molecule has 2 aliphatic heterocycles. The molecule has 2 saturated heterocycles. The van der Waals surface area contributed by atoms with Crippen molar-refractivity contribution in [3.63, 3.8) is 0 Å². The highest BCUT2D eigenvalue weighted by Gasteiger charge is 2.42. The Bertz CT molecular complexity index is 1260. The molecule has 3 fully saturated rings. The van der Waals surface area contributed by atoms with Crippen LogP contribution in [0.15, 0.2) is 30.6 Å². The zero-order valence-corrected chi connectivity index (χ0v) is 26.4. The van der Waals surface area contributed by atoms with Crippen LogP contribution in [0.4, 0.5) is 38.0 Å². The Morgan fingerprint density at radius 1 is 0.870 bits per heavy atom. The quantitative estimate of drug-likeness (QED) is 0.275. The minimum atomic E-state index is -4.96. The van der Waals surface area contributed by atoms with Crippen LogP contribution in [0.25, 0.3) is 0 Å². The fraction of sp³-hybridized carbons (Fsp3) is 0.667. The smallest absolute Gasteiger partial charge is 0.378 e. The minimum absolute atomic E-state index is 0.00790. The Morgan fingerprint density at radius 2 is 1.41 bits per heavy atom. The summed E-state index contributed by atoms with van der Waals surface area (Å²) in [5.74, 6) is 0.387. The third kappa shape index (κ3) is 7.88. The van der Waals surface area contributed by atoms with E-state index in [1.807, 2.05) is 18.7 Å². The number of anilines is 2. The number of halogens is 6. The van der Waals surface area contributed by atoms with E-state index in [0.717, 1.165) is 49.9 Å². The lowest BCUT2D eigenvalue weighted by atomic mass is 9.83. The van der Waals surface area contributed by atoms with E-state index in [2.05, 4.69) is 14.9 Å². The van der Waals surface area contributed by atoms with E-state index in [1.165, 1.54) is 0 Å². The van der Waals surface area contributed by atoms with E-state index >= 15 is 0 Å². The zero-order chi connectivity index (χ0) is 33.1. The monoisotopic (exact) mass is 655 g/mol. The van der Waals surface area contributed by atoms with Gasteiger partial charge >= 0.3 is 12.4 Å². The van der Waals surface area contributed by atoms with Crippen LogP contribution in [0.2, 0.25) is 0 Å². The van der Waals surface area contributed by atoms with Crippen LogP contribution in [-0.4, -0.2) is 65.2 Å². The first-order valence-electron chi connectivity index (χ1n) is 16.4. The molecule has 1 aromatic heterocycles. The van der Waals surface area contributed by atoms with Crippen molar-refractivity contribution < 1.29 is 35.9 Å². The molecule has 254 valence electrons. The predicted molar refractivity (Wildman–Crippen MR) is 162 cm³/mol. The lowest BCUT2D eigenvalue weighted by Crippen LogP contribution is -2.58. The number of piperidine rings is 1. The molecule has 3 heterocycles. The maximum atomic E-state index is 13.8. The Kier molecular flexibility index (Phi) is 10.7. The van der Waals surface area contributed by atoms with Gasteiger partial charge < -0.3 is 19.4 Å². The van der Waals surface area contributed by atoms with Crippen molar-refractivity contribution in [2.75, 3.05) is 36.1 Å². The van der Waals surface area contributed by atoms with Gasteiger partial charge in [0, 0.05) is 43.7 Å². The van der Waals surface area contributed by atoms with Gasteiger partial charge in [-0.2, -0.15) is 26.3 Å². The Balaban J connectivity index is 1.50. The number of carbonyl (C=O) groups is 1. The molecule has 3 atom stereocenters. The highest BCUT2D eigenvalue weighted by molar-refractivity contribution is 5.79. The number of morpholine rings is 1. The van der Waals surface area contributed by atoms with Crippen molar-refractivity contribution in [3.8, 4) is 0 Å². The maximum Gasteiger partial charge on any atom is 0.416 e. The van der Waals surface area contributed by atoms with Gasteiger partial charge in [0.25, 0.3) is 0 Å². The van der Waals surface area contributed by atoms with Gasteiger partial charge in [-0.1, -0.05) is 33.1 Å². The van der Waals surface area contributed by atoms with Gasteiger partial charge in [0.1, 0.15) is 0 Å². The summed E-state index contributed by atoms with van der Waals surface area (Å²) < 4.78 is 88.1. The van der Waals surface area contributed by atoms with Crippen molar-refractivity contribution in [2.45, 2.75) is 109 Å². The normalized spacial score (nSPS) is 23.4. The molecule has 0 N–H and O–H groups in total. The first-order valence-corrected chi connectivity index (χ1v) is 16.4. The summed E-state index contributed by atoms with van der Waals surface area (Å²) >= 11 is 0. The van der Waals surface area contributed by atoms with Crippen LogP contribution in [0.5, 0.6) is 0 Å². The van der Waals surface area contributed by atoms with Gasteiger partial charge in [0.2, 0.25) is 11.9 Å². The number of carbonyl (C=O) groups excluding carboxylic acids is 1. The largest absolute Gasteiger partial charge is 0.416 e. The second-order valence-corrected chi connectivity index (χ2v) is 12.7. The molecule has 3 aliphatic rings. The zero-order valence-electron chi connectivity index (χ0n) is 26.4. The molecule has 2 aromatic rings. The second kappa shape index (κ2) is 14.4. The van der Waals surface area contributed by atoms with E-state index in [0.29, 0.717) is 52.0 Å². The average Bonchev–Trinajstić information content (AvgIpc) is 3.06. The van der Waals surface area contributed by atoms with Gasteiger partial charge in [-0.15, -0.1) is 0 Å². The summed E-state index contributed by atoms with van der Waals surface area (Å²) in [7, 11) is 0. The van der Waals surface area contributed by atoms with Gasteiger partial charge in [-0.3, -0.25) is 4.79 Å². The Morgan fingerprint density at radius 3 is 1.91 bits per heavy atom. The van der Waals surface area contributed by atoms with Crippen LogP contribution >= 0.6 is 0 Å². The number of ether oxygens (including phenoxy) is 1. The molecule has 5 rings (SSSR count). The highest BCUT2D eigenvalue weighted by atomic mass is 19.4. The summed E-state index contributed by atoms with van der Waals surface area (Å²) in [5, 5.41) is 0. The maximum absolute atomic E-state index is 13.8. The molecule has 1 aromatic carbocycles. The fourth-order valence-corrected chi connectivity index (χ4v) is 7.27. The molecular formula is C33H43F6N5O2. The van der Waals surface area contributed by atoms with E-state index < -0.39 is 23.5 Å². The lowest BCUT2D eigenvalue weighted by molar-refractivity contribution is -0.145. The number of likely N-dealkylation sites (tertiary alicyclic amines) is 1. The number of alkyl halides is 6. The standard InChI is InChI=1S/C33H43F6N5O2/c1-3-26-17-28(18-27(4-2)44(26)30(45)23-8-6-5-7-9-23)43(31-40-19-29(20-41-31)42-10-12-46-13-11-42)21-22-14-24(32(34,35)36)16-25(15-22)33(37,38)39/h14-16,19-20,23,26-28H,3-13,17-18,21H2,1-2H3/t26-,27+,28?. The molecule has 1 unspecified atom stereocenters. The summed E-state index contributed by atoms with van der Waals surface area (Å²) in [6, 6.07) is 1.14. The molecule has 0 spiro atoms. The Labute approximate surface area is 266 Å². The average molecular weight is 656 g/mol. The second-order valence-electron chi connectivity index (χ2n) is 12.7. The van der Waals surface area contributed by atoms with Crippen molar-refractivity contribution in [1.82, 2.24) is 14.9 Å². The topological polar surface area (TPSA) is 61.8 Å². The van der Waals surface area contributed by atoms with Crippen molar-refractivity contribution in [3.05, 3.63) is 47.3 Å². The molecule has 0 bridgehead atoms. The van der Waals surface area contributed by atoms with Crippen molar-refractivity contribution >= 4 is 17.5 Å². The van der Waals surface area contributed by atoms with Crippen LogP contribution in [0.3, 0.4) is 0 Å². The molecule has 1 saturated carbocycles. The van der Waals surface area contributed by atoms with Crippen LogP contribution in [0.1, 0.15) is 88.3 Å².